The fourth-order valence-corrected chi connectivity index (χ4v) is 4.32. The molecule has 1 aliphatic carbocycles. The summed E-state index contributed by atoms with van der Waals surface area (Å²) in [5.74, 6) is -0.128. The monoisotopic (exact) mass is 378 g/mol. The highest BCUT2D eigenvalue weighted by atomic mass is 19.1. The zero-order chi connectivity index (χ0) is 19.5. The fraction of sp³-hybridized carbons (Fsp3) is 0.375. The number of rotatable bonds is 6. The van der Waals surface area contributed by atoms with E-state index in [0.29, 0.717) is 6.04 Å². The topological polar surface area (TPSA) is 23.6 Å². The molecule has 0 bridgehead atoms. The van der Waals surface area contributed by atoms with Crippen molar-refractivity contribution in [3.8, 4) is 0 Å². The Morgan fingerprint density at radius 2 is 1.79 bits per heavy atom. The lowest BCUT2D eigenvalue weighted by Gasteiger charge is -2.25. The minimum absolute atomic E-state index is 0.125. The van der Waals surface area contributed by atoms with Crippen LogP contribution in [0.15, 0.2) is 54.1 Å². The Bertz CT molecular complexity index is 849. The minimum atomic E-state index is -0.254. The number of likely N-dealkylation sites (tertiary alicyclic amines) is 1. The molecule has 1 aliphatic heterocycles. The van der Waals surface area contributed by atoms with Gasteiger partial charge in [0.1, 0.15) is 5.82 Å². The van der Waals surface area contributed by atoms with Crippen LogP contribution in [-0.4, -0.2) is 48.4 Å². The van der Waals surface area contributed by atoms with Gasteiger partial charge in [-0.1, -0.05) is 36.4 Å². The van der Waals surface area contributed by atoms with Crippen molar-refractivity contribution in [2.45, 2.75) is 31.7 Å². The number of fused-ring (bicyclic) bond motifs is 1. The summed E-state index contributed by atoms with van der Waals surface area (Å²) < 4.78 is 13.0. The number of halogens is 1. The van der Waals surface area contributed by atoms with Gasteiger partial charge in [0, 0.05) is 24.7 Å². The summed E-state index contributed by atoms with van der Waals surface area (Å²) in [6.07, 6.45) is 5.90. The molecule has 1 saturated heterocycles. The van der Waals surface area contributed by atoms with Gasteiger partial charge in [-0.15, -0.1) is 0 Å². The van der Waals surface area contributed by atoms with E-state index < -0.39 is 0 Å². The number of hydrogen-bond acceptors (Lipinski definition) is 2. The molecule has 0 radical (unpaired) electrons. The summed E-state index contributed by atoms with van der Waals surface area (Å²) in [6, 6.07) is 15.6. The van der Waals surface area contributed by atoms with Crippen molar-refractivity contribution in [2.24, 2.45) is 0 Å². The largest absolute Gasteiger partial charge is 0.339 e. The Balaban J connectivity index is 1.26. The van der Waals surface area contributed by atoms with E-state index in [1.807, 2.05) is 11.0 Å². The number of nitrogens with zero attached hydrogens (tertiary/aromatic N) is 2. The van der Waals surface area contributed by atoms with Gasteiger partial charge < -0.3 is 9.80 Å². The molecular weight excluding hydrogens is 351 g/mol. The first-order valence-electron chi connectivity index (χ1n) is 10.1. The molecule has 3 nitrogen and oxygen atoms in total. The molecule has 0 atom stereocenters. The van der Waals surface area contributed by atoms with Crippen molar-refractivity contribution in [1.29, 1.82) is 0 Å². The SMILES string of the molecule is CN(CCCN1CCC(=Cc2ccc(F)cc2)C1=O)C1Cc2ccccc2C1. The molecule has 146 valence electrons. The molecule has 0 unspecified atom stereocenters. The summed E-state index contributed by atoms with van der Waals surface area (Å²) >= 11 is 0. The minimum Gasteiger partial charge on any atom is -0.339 e. The van der Waals surface area contributed by atoms with Crippen molar-refractivity contribution < 1.29 is 9.18 Å². The van der Waals surface area contributed by atoms with Gasteiger partial charge in [-0.05, 0) is 74.2 Å². The molecule has 1 amide bonds. The van der Waals surface area contributed by atoms with Gasteiger partial charge in [-0.25, -0.2) is 4.39 Å². The number of carbonyl (C=O) groups excluding carboxylic acids is 1. The van der Waals surface area contributed by atoms with Crippen LogP contribution in [0.5, 0.6) is 0 Å². The zero-order valence-electron chi connectivity index (χ0n) is 16.4. The summed E-state index contributed by atoms with van der Waals surface area (Å²) in [5.41, 5.74) is 4.66. The maximum Gasteiger partial charge on any atom is 0.249 e. The second-order valence-electron chi connectivity index (χ2n) is 7.93. The number of carbonyl (C=O) groups is 1. The summed E-state index contributed by atoms with van der Waals surface area (Å²) in [6.45, 7) is 2.58. The van der Waals surface area contributed by atoms with Crippen molar-refractivity contribution >= 4 is 12.0 Å². The molecule has 0 saturated carbocycles. The van der Waals surface area contributed by atoms with Crippen LogP contribution in [0.1, 0.15) is 29.5 Å². The maximum atomic E-state index is 13.0. The van der Waals surface area contributed by atoms with Gasteiger partial charge in [-0.2, -0.15) is 0 Å². The van der Waals surface area contributed by atoms with Crippen molar-refractivity contribution in [3.63, 3.8) is 0 Å². The van der Waals surface area contributed by atoms with E-state index in [1.54, 1.807) is 12.1 Å². The molecule has 2 aliphatic rings. The van der Waals surface area contributed by atoms with Crippen molar-refractivity contribution in [2.75, 3.05) is 26.7 Å². The fourth-order valence-electron chi connectivity index (χ4n) is 4.32. The molecular formula is C24H27FN2O. The molecule has 28 heavy (non-hydrogen) atoms. The van der Waals surface area contributed by atoms with Crippen molar-refractivity contribution in [1.82, 2.24) is 9.80 Å². The third-order valence-corrected chi connectivity index (χ3v) is 6.02. The second-order valence-corrected chi connectivity index (χ2v) is 7.93. The number of likely N-dealkylation sites (N-methyl/N-ethyl adjacent to an activating group) is 1. The highest BCUT2D eigenvalue weighted by molar-refractivity contribution is 5.99. The molecule has 0 aromatic heterocycles. The van der Waals surface area contributed by atoms with Crippen LogP contribution in [0.4, 0.5) is 4.39 Å². The van der Waals surface area contributed by atoms with Gasteiger partial charge in [0.25, 0.3) is 0 Å². The van der Waals surface area contributed by atoms with E-state index in [-0.39, 0.29) is 11.7 Å². The summed E-state index contributed by atoms with van der Waals surface area (Å²) in [4.78, 5) is 17.0. The molecule has 0 N–H and O–H groups in total. The molecule has 4 heteroatoms. The van der Waals surface area contributed by atoms with Gasteiger partial charge >= 0.3 is 0 Å². The van der Waals surface area contributed by atoms with Crippen molar-refractivity contribution in [3.05, 3.63) is 76.6 Å². The Morgan fingerprint density at radius 1 is 1.11 bits per heavy atom. The quantitative estimate of drug-likeness (QED) is 0.711. The Morgan fingerprint density at radius 3 is 2.46 bits per heavy atom. The van der Waals surface area contributed by atoms with E-state index in [0.717, 1.165) is 56.5 Å². The lowest BCUT2D eigenvalue weighted by molar-refractivity contribution is -0.124. The Kier molecular flexibility index (Phi) is 5.58. The standard InChI is InChI=1S/C24H27FN2O/c1-26(23-16-19-5-2-3-6-20(19)17-23)12-4-13-27-14-11-21(24(27)28)15-18-7-9-22(25)10-8-18/h2-3,5-10,15,23H,4,11-14,16-17H2,1H3. The van der Waals surface area contributed by atoms with Gasteiger partial charge in [0.15, 0.2) is 0 Å². The third kappa shape index (κ3) is 4.17. The molecule has 1 fully saturated rings. The molecule has 0 spiro atoms. The Labute approximate surface area is 166 Å². The van der Waals surface area contributed by atoms with Crippen LogP contribution in [-0.2, 0) is 17.6 Å². The smallest absolute Gasteiger partial charge is 0.249 e. The number of hydrogen-bond donors (Lipinski definition) is 0. The normalized spacial score (nSPS) is 18.5. The van der Waals surface area contributed by atoms with E-state index >= 15 is 0 Å². The highest BCUT2D eigenvalue weighted by Crippen LogP contribution is 2.25. The van der Waals surface area contributed by atoms with E-state index in [2.05, 4.69) is 36.2 Å². The second kappa shape index (κ2) is 8.27. The molecule has 1 heterocycles. The van der Waals surface area contributed by atoms with Crippen LogP contribution >= 0.6 is 0 Å². The lowest BCUT2D eigenvalue weighted by atomic mass is 10.1. The van der Waals surface area contributed by atoms with Crippen LogP contribution in [0.2, 0.25) is 0 Å². The summed E-state index contributed by atoms with van der Waals surface area (Å²) in [7, 11) is 2.20. The first-order valence-corrected chi connectivity index (χ1v) is 10.1. The average molecular weight is 378 g/mol. The first kappa shape index (κ1) is 18.9. The van der Waals surface area contributed by atoms with E-state index in [9.17, 15) is 9.18 Å². The third-order valence-electron chi connectivity index (χ3n) is 6.02. The first-order chi connectivity index (χ1) is 13.6. The predicted molar refractivity (Wildman–Crippen MR) is 110 cm³/mol. The van der Waals surface area contributed by atoms with Crippen LogP contribution in [0.25, 0.3) is 6.08 Å². The van der Waals surface area contributed by atoms with Gasteiger partial charge in [0.2, 0.25) is 5.91 Å². The zero-order valence-corrected chi connectivity index (χ0v) is 16.4. The summed E-state index contributed by atoms with van der Waals surface area (Å²) in [5, 5.41) is 0. The van der Waals surface area contributed by atoms with Crippen LogP contribution < -0.4 is 0 Å². The number of benzene rings is 2. The van der Waals surface area contributed by atoms with E-state index in [4.69, 9.17) is 0 Å². The van der Waals surface area contributed by atoms with Gasteiger partial charge in [0.05, 0.1) is 0 Å². The number of amides is 1. The predicted octanol–water partition coefficient (Wildman–Crippen LogP) is 3.93. The molecule has 2 aromatic carbocycles. The maximum absolute atomic E-state index is 13.0. The molecule has 4 rings (SSSR count). The molecule has 2 aromatic rings. The highest BCUT2D eigenvalue weighted by Gasteiger charge is 2.27. The Hall–Kier alpha value is -2.46. The van der Waals surface area contributed by atoms with E-state index in [1.165, 1.54) is 23.3 Å². The average Bonchev–Trinajstić information content (AvgIpc) is 3.28. The van der Waals surface area contributed by atoms with Gasteiger partial charge in [-0.3, -0.25) is 4.79 Å². The van der Waals surface area contributed by atoms with Crippen LogP contribution in [0.3, 0.4) is 0 Å². The lowest BCUT2D eigenvalue weighted by Crippen LogP contribution is -2.35. The van der Waals surface area contributed by atoms with Crippen LogP contribution in [0, 0.1) is 5.82 Å².